The molecule has 2 heterocycles. The highest BCUT2D eigenvalue weighted by Crippen LogP contribution is 2.34. The molecule has 0 N–H and O–H groups in total. The zero-order valence-electron chi connectivity index (χ0n) is 17.6. The monoisotopic (exact) mass is 477 g/mol. The molecule has 2 aliphatic rings. The number of rotatable bonds is 5. The fraction of sp³-hybridized carbons (Fsp3) is 0.120. The normalized spacial score (nSPS) is 14.1. The minimum absolute atomic E-state index is 0.0379. The number of anilines is 1. The van der Waals surface area contributed by atoms with Crippen molar-refractivity contribution in [1.82, 2.24) is 0 Å². The molecule has 0 aromatic heterocycles. The molecule has 0 aliphatic carbocycles. The SMILES string of the molecule is O=C(COC(=O)c1ccc2c(c1)C(=O)N(c1ccccc1Cl)C2=O)c1ccc2c(c1)OCCO2. The Hall–Kier alpha value is -4.17. The molecule has 0 fully saturated rings. The molecule has 0 radical (unpaired) electrons. The van der Waals surface area contributed by atoms with Crippen molar-refractivity contribution >= 4 is 40.9 Å². The first-order valence-corrected chi connectivity index (χ1v) is 10.7. The van der Waals surface area contributed by atoms with Crippen LogP contribution in [-0.2, 0) is 4.74 Å². The summed E-state index contributed by atoms with van der Waals surface area (Å²) in [5.74, 6) is -1.37. The maximum atomic E-state index is 12.9. The molecule has 34 heavy (non-hydrogen) atoms. The highest BCUT2D eigenvalue weighted by molar-refractivity contribution is 6.39. The van der Waals surface area contributed by atoms with Crippen molar-refractivity contribution in [3.05, 3.63) is 87.9 Å². The number of Topliss-reactive ketones (excluding diaryl/α,β-unsaturated/α-hetero) is 1. The van der Waals surface area contributed by atoms with Crippen LogP contribution in [0.3, 0.4) is 0 Å². The van der Waals surface area contributed by atoms with Gasteiger partial charge in [0.25, 0.3) is 11.8 Å². The van der Waals surface area contributed by atoms with Gasteiger partial charge in [0.05, 0.1) is 27.4 Å². The van der Waals surface area contributed by atoms with Crippen LogP contribution in [0.25, 0.3) is 0 Å². The Balaban J connectivity index is 1.30. The van der Waals surface area contributed by atoms with Crippen molar-refractivity contribution in [2.75, 3.05) is 24.7 Å². The quantitative estimate of drug-likeness (QED) is 0.311. The number of benzene rings is 3. The van der Waals surface area contributed by atoms with Gasteiger partial charge in [0, 0.05) is 5.56 Å². The van der Waals surface area contributed by atoms with Crippen LogP contribution in [0, 0.1) is 0 Å². The second-order valence-electron chi connectivity index (χ2n) is 7.52. The topological polar surface area (TPSA) is 99.2 Å². The van der Waals surface area contributed by atoms with Crippen molar-refractivity contribution in [3.8, 4) is 11.5 Å². The van der Waals surface area contributed by atoms with Crippen LogP contribution in [0.4, 0.5) is 5.69 Å². The molecule has 2 aliphatic heterocycles. The number of ketones is 1. The van der Waals surface area contributed by atoms with Crippen LogP contribution >= 0.6 is 11.6 Å². The second-order valence-corrected chi connectivity index (χ2v) is 7.92. The van der Waals surface area contributed by atoms with Crippen molar-refractivity contribution < 1.29 is 33.4 Å². The molecule has 3 aromatic rings. The molecule has 170 valence electrons. The van der Waals surface area contributed by atoms with Crippen molar-refractivity contribution in [2.24, 2.45) is 0 Å². The van der Waals surface area contributed by atoms with Crippen molar-refractivity contribution in [1.29, 1.82) is 0 Å². The summed E-state index contributed by atoms with van der Waals surface area (Å²) in [5.41, 5.74) is 0.800. The number of halogens is 1. The number of fused-ring (bicyclic) bond motifs is 2. The zero-order valence-corrected chi connectivity index (χ0v) is 18.3. The van der Waals surface area contributed by atoms with Gasteiger partial charge in [0.1, 0.15) is 13.2 Å². The number of amides is 2. The van der Waals surface area contributed by atoms with Gasteiger partial charge in [-0.05, 0) is 48.5 Å². The number of nitrogens with zero attached hydrogens (tertiary/aromatic N) is 1. The van der Waals surface area contributed by atoms with Crippen molar-refractivity contribution in [2.45, 2.75) is 0 Å². The lowest BCUT2D eigenvalue weighted by atomic mass is 10.1. The summed E-state index contributed by atoms with van der Waals surface area (Å²) in [4.78, 5) is 51.7. The van der Waals surface area contributed by atoms with E-state index in [0.717, 1.165) is 4.90 Å². The third kappa shape index (κ3) is 3.78. The lowest BCUT2D eigenvalue weighted by molar-refractivity contribution is 0.0474. The highest BCUT2D eigenvalue weighted by Gasteiger charge is 2.38. The number of carbonyl (C=O) groups is 4. The Morgan fingerprint density at radius 2 is 1.56 bits per heavy atom. The predicted molar refractivity (Wildman–Crippen MR) is 121 cm³/mol. The Morgan fingerprint density at radius 3 is 2.35 bits per heavy atom. The second kappa shape index (κ2) is 8.64. The Morgan fingerprint density at radius 1 is 0.853 bits per heavy atom. The standard InChI is InChI=1S/C25H16ClNO7/c26-18-3-1-2-4-19(18)27-23(29)16-7-5-15(11-17(16)24(27)30)25(31)34-13-20(28)14-6-8-21-22(12-14)33-10-9-32-21/h1-8,11-12H,9-10,13H2. The summed E-state index contributed by atoms with van der Waals surface area (Å²) in [6.45, 7) is 0.310. The smallest absolute Gasteiger partial charge is 0.338 e. The van der Waals surface area contributed by atoms with Gasteiger partial charge in [-0.3, -0.25) is 14.4 Å². The molecule has 2 amide bonds. The van der Waals surface area contributed by atoms with Gasteiger partial charge in [-0.1, -0.05) is 23.7 Å². The number of carbonyl (C=O) groups excluding carboxylic acids is 4. The third-order valence-electron chi connectivity index (χ3n) is 5.41. The third-order valence-corrected chi connectivity index (χ3v) is 5.73. The van der Waals surface area contributed by atoms with Gasteiger partial charge in [0.15, 0.2) is 23.9 Å². The molecule has 3 aromatic carbocycles. The summed E-state index contributed by atoms with van der Waals surface area (Å²) in [7, 11) is 0. The molecule has 0 atom stereocenters. The van der Waals surface area contributed by atoms with Gasteiger partial charge in [-0.2, -0.15) is 0 Å². The molecule has 8 nitrogen and oxygen atoms in total. The first-order chi connectivity index (χ1) is 16.4. The number of esters is 1. The van der Waals surface area contributed by atoms with E-state index in [4.69, 9.17) is 25.8 Å². The summed E-state index contributed by atoms with van der Waals surface area (Å²) < 4.78 is 16.0. The Kier molecular flexibility index (Phi) is 5.51. The lowest BCUT2D eigenvalue weighted by Crippen LogP contribution is -2.29. The predicted octanol–water partition coefficient (Wildman–Crippen LogP) is 3.95. The number of ether oxygens (including phenoxy) is 3. The first-order valence-electron chi connectivity index (χ1n) is 10.3. The first kappa shape index (κ1) is 21.7. The van der Waals surface area contributed by atoms with Gasteiger partial charge in [-0.25, -0.2) is 9.69 Å². The van der Waals surface area contributed by atoms with Crippen LogP contribution in [-0.4, -0.2) is 43.4 Å². The maximum absolute atomic E-state index is 12.9. The largest absolute Gasteiger partial charge is 0.486 e. The summed E-state index contributed by atoms with van der Waals surface area (Å²) in [6.07, 6.45) is 0. The van der Waals surface area contributed by atoms with Crippen molar-refractivity contribution in [3.63, 3.8) is 0 Å². The Bertz CT molecular complexity index is 1370. The average Bonchev–Trinajstić information content (AvgIpc) is 3.11. The fourth-order valence-corrected chi connectivity index (χ4v) is 3.95. The van der Waals surface area contributed by atoms with Crippen LogP contribution in [0.5, 0.6) is 11.5 Å². The molecule has 0 saturated heterocycles. The molecule has 5 rings (SSSR count). The molecule has 0 spiro atoms. The van der Waals surface area contributed by atoms with E-state index in [2.05, 4.69) is 0 Å². The van der Waals surface area contributed by atoms with Gasteiger partial charge < -0.3 is 14.2 Å². The highest BCUT2D eigenvalue weighted by atomic mass is 35.5. The molecule has 9 heteroatoms. The minimum atomic E-state index is -0.801. The van der Waals surface area contributed by atoms with E-state index in [9.17, 15) is 19.2 Å². The number of imide groups is 1. The van der Waals surface area contributed by atoms with E-state index in [-0.39, 0.29) is 27.4 Å². The fourth-order valence-electron chi connectivity index (χ4n) is 3.73. The minimum Gasteiger partial charge on any atom is -0.486 e. The number of hydrogen-bond donors (Lipinski definition) is 0. The van der Waals surface area contributed by atoms with Crippen LogP contribution in [0.15, 0.2) is 60.7 Å². The van der Waals surface area contributed by atoms with Crippen LogP contribution in [0.2, 0.25) is 5.02 Å². The molecular formula is C25H16ClNO7. The van der Waals surface area contributed by atoms with Crippen LogP contribution < -0.4 is 14.4 Å². The van der Waals surface area contributed by atoms with Crippen LogP contribution in [0.1, 0.15) is 41.4 Å². The Labute approximate surface area is 198 Å². The van der Waals surface area contributed by atoms with E-state index in [1.165, 1.54) is 24.3 Å². The number of hydrogen-bond acceptors (Lipinski definition) is 7. The van der Waals surface area contributed by atoms with E-state index < -0.39 is 30.2 Å². The lowest BCUT2D eigenvalue weighted by Gasteiger charge is -2.18. The molecule has 0 unspecified atom stereocenters. The van der Waals surface area contributed by atoms with E-state index >= 15 is 0 Å². The van der Waals surface area contributed by atoms with E-state index in [1.54, 1.807) is 36.4 Å². The summed E-state index contributed by atoms with van der Waals surface area (Å²) in [5, 5.41) is 0.245. The maximum Gasteiger partial charge on any atom is 0.338 e. The molecule has 0 bridgehead atoms. The molecular weight excluding hydrogens is 462 g/mol. The van der Waals surface area contributed by atoms with Gasteiger partial charge in [-0.15, -0.1) is 0 Å². The summed E-state index contributed by atoms with van der Waals surface area (Å²) in [6, 6.07) is 15.2. The number of para-hydroxylation sites is 1. The van der Waals surface area contributed by atoms with E-state index in [1.807, 2.05) is 0 Å². The van der Waals surface area contributed by atoms with Gasteiger partial charge in [0.2, 0.25) is 0 Å². The summed E-state index contributed by atoms with van der Waals surface area (Å²) >= 11 is 6.15. The van der Waals surface area contributed by atoms with E-state index in [0.29, 0.717) is 30.3 Å². The van der Waals surface area contributed by atoms with Gasteiger partial charge >= 0.3 is 5.97 Å². The average molecular weight is 478 g/mol. The zero-order chi connectivity index (χ0) is 23.8. The molecule has 0 saturated carbocycles.